The predicted octanol–water partition coefficient (Wildman–Crippen LogP) is 1.48. The highest BCUT2D eigenvalue weighted by atomic mass is 19.3. The zero-order valence-electron chi connectivity index (χ0n) is 7.96. The summed E-state index contributed by atoms with van der Waals surface area (Å²) in [5, 5.41) is 2.02. The van der Waals surface area contributed by atoms with Crippen LogP contribution in [0.1, 0.15) is 0 Å². The van der Waals surface area contributed by atoms with E-state index >= 15 is 0 Å². The molecule has 0 atom stereocenters. The molecular weight excluding hydrogens is 206 g/mol. The van der Waals surface area contributed by atoms with Crippen molar-refractivity contribution in [2.24, 2.45) is 0 Å². The van der Waals surface area contributed by atoms with Crippen LogP contribution in [0.15, 0.2) is 18.2 Å². The number of halogens is 2. The Balaban J connectivity index is 2.83. The number of ether oxygens (including phenoxy) is 1. The van der Waals surface area contributed by atoms with Crippen molar-refractivity contribution in [2.45, 2.75) is 6.43 Å². The average Bonchev–Trinajstić information content (AvgIpc) is 2.20. The predicted molar refractivity (Wildman–Crippen MR) is 52.0 cm³/mol. The molecule has 0 aromatic heterocycles. The van der Waals surface area contributed by atoms with Crippen LogP contribution in [0.25, 0.3) is 0 Å². The van der Waals surface area contributed by atoms with Gasteiger partial charge in [-0.25, -0.2) is 0 Å². The first-order chi connectivity index (χ1) is 7.04. The van der Waals surface area contributed by atoms with Crippen molar-refractivity contribution in [3.8, 4) is 5.75 Å². The minimum Gasteiger partial charge on any atom is -0.495 e. The first-order valence-corrected chi connectivity index (χ1v) is 4.07. The lowest BCUT2D eigenvalue weighted by Gasteiger charge is -2.08. The maximum atomic E-state index is 11.9. The van der Waals surface area contributed by atoms with Crippen LogP contribution in [0.2, 0.25) is 0 Å². The van der Waals surface area contributed by atoms with Gasteiger partial charge >= 0.3 is 6.43 Å². The van der Waals surface area contributed by atoms with Gasteiger partial charge in [-0.15, -0.1) is 0 Å². The number of nitrogens with one attached hydrogen (secondary N) is 1. The maximum absolute atomic E-state index is 11.9. The molecule has 1 rings (SSSR count). The molecule has 6 heteroatoms. The summed E-state index contributed by atoms with van der Waals surface area (Å²) in [6, 6.07) is 4.24. The summed E-state index contributed by atoms with van der Waals surface area (Å²) in [6.07, 6.45) is -3.05. The van der Waals surface area contributed by atoms with E-state index in [2.05, 4.69) is 0 Å². The average molecular weight is 216 g/mol. The summed E-state index contributed by atoms with van der Waals surface area (Å²) >= 11 is 0. The second-order valence-corrected chi connectivity index (χ2v) is 2.75. The third-order valence-corrected chi connectivity index (χ3v) is 1.70. The Morgan fingerprint density at radius 1 is 1.53 bits per heavy atom. The first-order valence-electron chi connectivity index (χ1n) is 4.07. The van der Waals surface area contributed by atoms with Crippen LogP contribution in [-0.2, 0) is 4.79 Å². The fourth-order valence-electron chi connectivity index (χ4n) is 0.986. The van der Waals surface area contributed by atoms with Gasteiger partial charge in [0, 0.05) is 11.8 Å². The zero-order chi connectivity index (χ0) is 11.4. The van der Waals surface area contributed by atoms with Crippen LogP contribution in [0.4, 0.5) is 20.2 Å². The Bertz CT molecular complexity index is 369. The molecule has 1 aromatic rings. The van der Waals surface area contributed by atoms with E-state index in [1.807, 2.05) is 5.32 Å². The summed E-state index contributed by atoms with van der Waals surface area (Å²) in [5.41, 5.74) is 6.09. The fraction of sp³-hybridized carbons (Fsp3) is 0.222. The number of nitrogen functional groups attached to an aromatic ring is 1. The van der Waals surface area contributed by atoms with Crippen molar-refractivity contribution in [1.29, 1.82) is 0 Å². The molecule has 0 saturated carbocycles. The van der Waals surface area contributed by atoms with E-state index < -0.39 is 12.3 Å². The number of hydrogen-bond acceptors (Lipinski definition) is 3. The van der Waals surface area contributed by atoms with E-state index in [0.29, 0.717) is 11.4 Å². The highest BCUT2D eigenvalue weighted by molar-refractivity contribution is 5.93. The Morgan fingerprint density at radius 3 is 2.73 bits per heavy atom. The molecule has 3 N–H and O–H groups in total. The third-order valence-electron chi connectivity index (χ3n) is 1.70. The molecule has 0 aliphatic rings. The van der Waals surface area contributed by atoms with Crippen molar-refractivity contribution in [2.75, 3.05) is 18.2 Å². The highest BCUT2D eigenvalue weighted by Crippen LogP contribution is 2.25. The second kappa shape index (κ2) is 4.59. The minimum absolute atomic E-state index is 0.214. The topological polar surface area (TPSA) is 64.3 Å². The van der Waals surface area contributed by atoms with Crippen LogP contribution >= 0.6 is 0 Å². The summed E-state index contributed by atoms with van der Waals surface area (Å²) in [6.45, 7) is 0. The van der Waals surface area contributed by atoms with E-state index in [0.717, 1.165) is 0 Å². The van der Waals surface area contributed by atoms with Gasteiger partial charge in [-0.2, -0.15) is 8.78 Å². The summed E-state index contributed by atoms with van der Waals surface area (Å²) < 4.78 is 28.7. The van der Waals surface area contributed by atoms with E-state index in [-0.39, 0.29) is 5.69 Å². The molecule has 1 aromatic carbocycles. The molecular formula is C9H10F2N2O2. The smallest absolute Gasteiger partial charge is 0.315 e. The normalized spacial score (nSPS) is 10.1. The number of anilines is 2. The number of methoxy groups -OCH3 is 1. The zero-order valence-corrected chi connectivity index (χ0v) is 7.96. The van der Waals surface area contributed by atoms with Crippen LogP contribution in [0.5, 0.6) is 5.75 Å². The summed E-state index contributed by atoms with van der Waals surface area (Å²) in [4.78, 5) is 10.7. The quantitative estimate of drug-likeness (QED) is 0.752. The molecule has 82 valence electrons. The molecule has 0 aliphatic carbocycles. The van der Waals surface area contributed by atoms with Gasteiger partial charge in [-0.3, -0.25) is 4.79 Å². The number of rotatable bonds is 3. The Hall–Kier alpha value is -1.85. The first kappa shape index (κ1) is 11.2. The van der Waals surface area contributed by atoms with Gasteiger partial charge in [0.25, 0.3) is 5.91 Å². The van der Waals surface area contributed by atoms with E-state index in [9.17, 15) is 13.6 Å². The van der Waals surface area contributed by atoms with Crippen LogP contribution in [-0.4, -0.2) is 19.4 Å². The van der Waals surface area contributed by atoms with Crippen molar-refractivity contribution in [3.05, 3.63) is 18.2 Å². The lowest BCUT2D eigenvalue weighted by atomic mass is 10.2. The van der Waals surface area contributed by atoms with E-state index in [4.69, 9.17) is 10.5 Å². The molecule has 0 fully saturated rings. The maximum Gasteiger partial charge on any atom is 0.315 e. The fourth-order valence-corrected chi connectivity index (χ4v) is 0.986. The van der Waals surface area contributed by atoms with E-state index in [1.54, 1.807) is 0 Å². The number of alkyl halides is 2. The minimum atomic E-state index is -3.05. The monoisotopic (exact) mass is 216 g/mol. The highest BCUT2D eigenvalue weighted by Gasteiger charge is 2.15. The molecule has 0 radical (unpaired) electrons. The number of hydrogen-bond donors (Lipinski definition) is 2. The largest absolute Gasteiger partial charge is 0.495 e. The van der Waals surface area contributed by atoms with Crippen molar-refractivity contribution < 1.29 is 18.3 Å². The molecule has 4 nitrogen and oxygen atoms in total. The van der Waals surface area contributed by atoms with E-state index in [1.165, 1.54) is 25.3 Å². The SMILES string of the molecule is COc1cc(NC(=O)C(F)F)ccc1N. The molecule has 0 saturated heterocycles. The lowest BCUT2D eigenvalue weighted by Crippen LogP contribution is -2.20. The standard InChI is InChI=1S/C9H10F2N2O2/c1-15-7-4-5(2-3-6(7)12)13-9(14)8(10)11/h2-4,8H,12H2,1H3,(H,13,14). The molecule has 1 amide bonds. The van der Waals surface area contributed by atoms with Crippen molar-refractivity contribution in [1.82, 2.24) is 0 Å². The number of nitrogens with two attached hydrogens (primary N) is 1. The molecule has 0 spiro atoms. The van der Waals surface area contributed by atoms with Gasteiger partial charge in [0.15, 0.2) is 0 Å². The van der Waals surface area contributed by atoms with Gasteiger partial charge in [-0.05, 0) is 12.1 Å². The molecule has 0 heterocycles. The van der Waals surface area contributed by atoms with Gasteiger partial charge < -0.3 is 15.8 Å². The summed E-state index contributed by atoms with van der Waals surface area (Å²) in [7, 11) is 1.39. The summed E-state index contributed by atoms with van der Waals surface area (Å²) in [5.74, 6) is -1.04. The van der Waals surface area contributed by atoms with Gasteiger partial charge in [-0.1, -0.05) is 0 Å². The van der Waals surface area contributed by atoms with Crippen LogP contribution in [0, 0.1) is 0 Å². The second-order valence-electron chi connectivity index (χ2n) is 2.75. The number of benzene rings is 1. The van der Waals surface area contributed by atoms with Crippen molar-refractivity contribution >= 4 is 17.3 Å². The van der Waals surface area contributed by atoms with Crippen molar-refractivity contribution in [3.63, 3.8) is 0 Å². The Labute approximate surface area is 85.0 Å². The van der Waals surface area contributed by atoms with Gasteiger partial charge in [0.1, 0.15) is 5.75 Å². The Kier molecular flexibility index (Phi) is 3.43. The molecule has 15 heavy (non-hydrogen) atoms. The van der Waals surface area contributed by atoms with Crippen LogP contribution < -0.4 is 15.8 Å². The molecule has 0 bridgehead atoms. The molecule has 0 aliphatic heterocycles. The van der Waals surface area contributed by atoms with Gasteiger partial charge in [0.05, 0.1) is 12.8 Å². The number of amides is 1. The third kappa shape index (κ3) is 2.80. The molecule has 0 unspecified atom stereocenters. The number of carbonyl (C=O) groups is 1. The van der Waals surface area contributed by atoms with Gasteiger partial charge in [0.2, 0.25) is 0 Å². The lowest BCUT2D eigenvalue weighted by molar-refractivity contribution is -0.126. The van der Waals surface area contributed by atoms with Crippen LogP contribution in [0.3, 0.4) is 0 Å². The Morgan fingerprint density at radius 2 is 2.20 bits per heavy atom. The number of carbonyl (C=O) groups excluding carboxylic acids is 1.